The van der Waals surface area contributed by atoms with Crippen LogP contribution in [0.25, 0.3) is 0 Å². The van der Waals surface area contributed by atoms with Crippen molar-refractivity contribution in [3.05, 3.63) is 33.3 Å². The van der Waals surface area contributed by atoms with E-state index in [-0.39, 0.29) is 5.91 Å². The lowest BCUT2D eigenvalue weighted by atomic mass is 10.3. The summed E-state index contributed by atoms with van der Waals surface area (Å²) in [5.74, 6) is -0.272. The monoisotopic (exact) mass is 249 g/mol. The van der Waals surface area contributed by atoms with Gasteiger partial charge in [-0.2, -0.15) is 5.26 Å². The van der Waals surface area contributed by atoms with E-state index < -0.39 is 0 Å². The van der Waals surface area contributed by atoms with Crippen LogP contribution >= 0.6 is 22.7 Å². The molecule has 4 nitrogen and oxygen atoms in total. The van der Waals surface area contributed by atoms with Gasteiger partial charge in [-0.3, -0.25) is 4.79 Å². The molecule has 3 N–H and O–H groups in total. The van der Waals surface area contributed by atoms with E-state index in [1.807, 2.05) is 6.07 Å². The Hall–Kier alpha value is -1.84. The van der Waals surface area contributed by atoms with Gasteiger partial charge in [-0.25, -0.2) is 0 Å². The van der Waals surface area contributed by atoms with Crippen molar-refractivity contribution in [1.29, 1.82) is 5.26 Å². The minimum Gasteiger partial charge on any atom is -0.397 e. The SMILES string of the molecule is N#Cc1ccsc1NC(=O)c1sccc1N. The average Bonchev–Trinajstić information content (AvgIpc) is 2.86. The normalized spacial score (nSPS) is 9.69. The van der Waals surface area contributed by atoms with Crippen molar-refractivity contribution in [3.63, 3.8) is 0 Å². The molecule has 0 spiro atoms. The molecule has 0 radical (unpaired) electrons. The van der Waals surface area contributed by atoms with Crippen LogP contribution in [-0.2, 0) is 0 Å². The second kappa shape index (κ2) is 4.35. The van der Waals surface area contributed by atoms with E-state index in [2.05, 4.69) is 5.32 Å². The average molecular weight is 249 g/mol. The number of nitrogen functional groups attached to an aromatic ring is 1. The fraction of sp³-hybridized carbons (Fsp3) is 0. The quantitative estimate of drug-likeness (QED) is 0.858. The van der Waals surface area contributed by atoms with E-state index in [0.29, 0.717) is 21.1 Å². The predicted octanol–water partition coefficient (Wildman–Crippen LogP) is 2.52. The number of carbonyl (C=O) groups excluding carboxylic acids is 1. The number of nitriles is 1. The largest absolute Gasteiger partial charge is 0.397 e. The highest BCUT2D eigenvalue weighted by Crippen LogP contribution is 2.25. The lowest BCUT2D eigenvalue weighted by Crippen LogP contribution is -2.11. The second-order valence-electron chi connectivity index (χ2n) is 2.93. The number of carbonyl (C=O) groups is 1. The second-order valence-corrected chi connectivity index (χ2v) is 4.77. The number of nitrogens with zero attached hydrogens (tertiary/aromatic N) is 1. The summed E-state index contributed by atoms with van der Waals surface area (Å²) in [6, 6.07) is 5.35. The Kier molecular flexibility index (Phi) is 2.90. The molecule has 0 aliphatic rings. The molecular formula is C10H7N3OS2. The minimum absolute atomic E-state index is 0.272. The fourth-order valence-corrected chi connectivity index (χ4v) is 2.60. The third kappa shape index (κ3) is 1.91. The van der Waals surface area contributed by atoms with Crippen LogP contribution in [0.2, 0.25) is 0 Å². The molecule has 0 aliphatic carbocycles. The summed E-state index contributed by atoms with van der Waals surface area (Å²) < 4.78 is 0. The molecule has 0 aromatic carbocycles. The third-order valence-corrected chi connectivity index (χ3v) is 3.67. The Morgan fingerprint density at radius 3 is 2.75 bits per heavy atom. The van der Waals surface area contributed by atoms with Gasteiger partial charge in [0, 0.05) is 0 Å². The zero-order chi connectivity index (χ0) is 11.5. The van der Waals surface area contributed by atoms with E-state index in [9.17, 15) is 4.79 Å². The summed E-state index contributed by atoms with van der Waals surface area (Å²) in [5, 5.41) is 15.5. The first kappa shape index (κ1) is 10.7. The first-order chi connectivity index (χ1) is 7.72. The van der Waals surface area contributed by atoms with Gasteiger partial charge in [-0.1, -0.05) is 0 Å². The molecule has 2 aromatic heterocycles. The van der Waals surface area contributed by atoms with Crippen molar-refractivity contribution in [2.45, 2.75) is 0 Å². The topological polar surface area (TPSA) is 78.9 Å². The first-order valence-corrected chi connectivity index (χ1v) is 6.10. The third-order valence-electron chi connectivity index (χ3n) is 1.91. The highest BCUT2D eigenvalue weighted by atomic mass is 32.1. The van der Waals surface area contributed by atoms with Crippen LogP contribution in [0.1, 0.15) is 15.2 Å². The van der Waals surface area contributed by atoms with Crippen molar-refractivity contribution >= 4 is 39.3 Å². The molecule has 6 heteroatoms. The number of nitrogens with two attached hydrogens (primary N) is 1. The lowest BCUT2D eigenvalue weighted by molar-refractivity contribution is 0.103. The number of hydrogen-bond donors (Lipinski definition) is 2. The van der Waals surface area contributed by atoms with Crippen LogP contribution in [0.5, 0.6) is 0 Å². The number of nitrogens with one attached hydrogen (secondary N) is 1. The smallest absolute Gasteiger partial charge is 0.268 e. The minimum atomic E-state index is -0.272. The Labute approximate surface area is 99.9 Å². The van der Waals surface area contributed by atoms with Crippen molar-refractivity contribution < 1.29 is 4.79 Å². The maximum absolute atomic E-state index is 11.8. The molecule has 0 aliphatic heterocycles. The number of amides is 1. The van der Waals surface area contributed by atoms with Crippen molar-refractivity contribution in [1.82, 2.24) is 0 Å². The van der Waals surface area contributed by atoms with Gasteiger partial charge >= 0.3 is 0 Å². The zero-order valence-electron chi connectivity index (χ0n) is 8.06. The van der Waals surface area contributed by atoms with Gasteiger partial charge in [0.15, 0.2) is 0 Å². The summed E-state index contributed by atoms with van der Waals surface area (Å²) in [7, 11) is 0. The Morgan fingerprint density at radius 1 is 1.38 bits per heavy atom. The van der Waals surface area contributed by atoms with Gasteiger partial charge in [0.2, 0.25) is 0 Å². The van der Waals surface area contributed by atoms with Crippen molar-refractivity contribution in [2.75, 3.05) is 11.1 Å². The lowest BCUT2D eigenvalue weighted by Gasteiger charge is -2.01. The summed E-state index contributed by atoms with van der Waals surface area (Å²) >= 11 is 2.59. The Bertz CT molecular complexity index is 565. The van der Waals surface area contributed by atoms with E-state index in [1.165, 1.54) is 22.7 Å². The summed E-state index contributed by atoms with van der Waals surface area (Å²) in [6.45, 7) is 0. The van der Waals surface area contributed by atoms with E-state index >= 15 is 0 Å². The molecule has 80 valence electrons. The molecule has 16 heavy (non-hydrogen) atoms. The van der Waals surface area contributed by atoms with Crippen LogP contribution in [0.4, 0.5) is 10.7 Å². The number of hydrogen-bond acceptors (Lipinski definition) is 5. The van der Waals surface area contributed by atoms with Crippen molar-refractivity contribution in [3.8, 4) is 6.07 Å². The number of anilines is 2. The highest BCUT2D eigenvalue weighted by Gasteiger charge is 2.13. The van der Waals surface area contributed by atoms with Gasteiger partial charge in [0.1, 0.15) is 15.9 Å². The van der Waals surface area contributed by atoms with Gasteiger partial charge in [-0.05, 0) is 22.9 Å². The fourth-order valence-electron chi connectivity index (χ4n) is 1.16. The first-order valence-electron chi connectivity index (χ1n) is 4.34. The summed E-state index contributed by atoms with van der Waals surface area (Å²) in [4.78, 5) is 12.2. The molecule has 0 saturated carbocycles. The van der Waals surface area contributed by atoms with Gasteiger partial charge in [0.05, 0.1) is 11.3 Å². The summed E-state index contributed by atoms with van der Waals surface area (Å²) in [6.07, 6.45) is 0. The molecule has 0 unspecified atom stereocenters. The molecule has 0 saturated heterocycles. The van der Waals surface area contributed by atoms with Gasteiger partial charge in [-0.15, -0.1) is 22.7 Å². The maximum atomic E-state index is 11.8. The van der Waals surface area contributed by atoms with E-state index in [1.54, 1.807) is 22.9 Å². The molecule has 2 aromatic rings. The molecule has 2 heterocycles. The zero-order valence-corrected chi connectivity index (χ0v) is 9.69. The van der Waals surface area contributed by atoms with Crippen LogP contribution in [0, 0.1) is 11.3 Å². The van der Waals surface area contributed by atoms with Gasteiger partial charge < -0.3 is 11.1 Å². The van der Waals surface area contributed by atoms with Crippen molar-refractivity contribution in [2.24, 2.45) is 0 Å². The van der Waals surface area contributed by atoms with Crippen LogP contribution in [0.15, 0.2) is 22.9 Å². The van der Waals surface area contributed by atoms with Gasteiger partial charge in [0.25, 0.3) is 5.91 Å². The van der Waals surface area contributed by atoms with Crippen LogP contribution < -0.4 is 11.1 Å². The molecule has 0 bridgehead atoms. The van der Waals surface area contributed by atoms with Crippen LogP contribution in [-0.4, -0.2) is 5.91 Å². The standard InChI is InChI=1S/C10H7N3OS2/c11-5-6-1-3-16-10(6)13-9(14)8-7(12)2-4-15-8/h1-4H,12H2,(H,13,14). The highest BCUT2D eigenvalue weighted by molar-refractivity contribution is 7.15. The maximum Gasteiger partial charge on any atom is 0.268 e. The molecule has 1 amide bonds. The molecular weight excluding hydrogens is 242 g/mol. The predicted molar refractivity (Wildman–Crippen MR) is 65.7 cm³/mol. The number of thiophene rings is 2. The molecule has 2 rings (SSSR count). The molecule has 0 fully saturated rings. The van der Waals surface area contributed by atoms with Crippen LogP contribution in [0.3, 0.4) is 0 Å². The van der Waals surface area contributed by atoms with E-state index in [4.69, 9.17) is 11.0 Å². The summed E-state index contributed by atoms with van der Waals surface area (Å²) in [5.41, 5.74) is 6.55. The van der Waals surface area contributed by atoms with E-state index in [0.717, 1.165) is 0 Å². The number of rotatable bonds is 2. The Balaban J connectivity index is 2.21. The molecule has 0 atom stereocenters. The Morgan fingerprint density at radius 2 is 2.12 bits per heavy atom.